The molecule has 6 heteroatoms. The molecule has 0 atom stereocenters. The predicted octanol–water partition coefficient (Wildman–Crippen LogP) is 5.31. The van der Waals surface area contributed by atoms with Crippen molar-refractivity contribution in [1.29, 1.82) is 0 Å². The molecule has 1 aliphatic carbocycles. The van der Waals surface area contributed by atoms with Crippen LogP contribution >= 0.6 is 23.2 Å². The fourth-order valence-electron chi connectivity index (χ4n) is 3.09. The summed E-state index contributed by atoms with van der Waals surface area (Å²) in [6.45, 7) is 0. The van der Waals surface area contributed by atoms with Gasteiger partial charge in [0.1, 0.15) is 0 Å². The van der Waals surface area contributed by atoms with Crippen LogP contribution in [0.4, 0.5) is 5.69 Å². The molecule has 0 saturated heterocycles. The van der Waals surface area contributed by atoms with Crippen LogP contribution in [-0.4, -0.2) is 17.9 Å². The lowest BCUT2D eigenvalue weighted by atomic mass is 9.95. The Morgan fingerprint density at radius 2 is 1.58 bits per heavy atom. The van der Waals surface area contributed by atoms with Crippen molar-refractivity contribution in [3.05, 3.63) is 63.6 Å². The molecule has 0 aromatic heterocycles. The highest BCUT2D eigenvalue weighted by molar-refractivity contribution is 6.37. The number of carbonyl (C=O) groups is 2. The fraction of sp³-hybridized carbons (Fsp3) is 0.300. The minimum atomic E-state index is -0.328. The Hall–Kier alpha value is -2.04. The molecule has 1 saturated carbocycles. The summed E-state index contributed by atoms with van der Waals surface area (Å²) >= 11 is 11.9. The summed E-state index contributed by atoms with van der Waals surface area (Å²) in [6.07, 6.45) is 5.67. The normalized spacial score (nSPS) is 14.7. The highest BCUT2D eigenvalue weighted by atomic mass is 35.5. The summed E-state index contributed by atoms with van der Waals surface area (Å²) in [6, 6.07) is 11.8. The number of benzene rings is 2. The lowest BCUT2D eigenvalue weighted by Crippen LogP contribution is -2.36. The molecule has 0 heterocycles. The second-order valence-corrected chi connectivity index (χ2v) is 7.31. The van der Waals surface area contributed by atoms with Crippen LogP contribution in [0.5, 0.6) is 0 Å². The first-order valence-electron chi connectivity index (χ1n) is 8.70. The molecule has 0 bridgehead atoms. The topological polar surface area (TPSA) is 58.2 Å². The van der Waals surface area contributed by atoms with E-state index in [9.17, 15) is 9.59 Å². The van der Waals surface area contributed by atoms with E-state index in [1.54, 1.807) is 36.4 Å². The maximum Gasteiger partial charge on any atom is 0.257 e. The van der Waals surface area contributed by atoms with Crippen LogP contribution in [0.1, 0.15) is 52.8 Å². The van der Waals surface area contributed by atoms with Crippen LogP contribution in [0.3, 0.4) is 0 Å². The van der Waals surface area contributed by atoms with Crippen LogP contribution in [-0.2, 0) is 0 Å². The highest BCUT2D eigenvalue weighted by Gasteiger charge is 2.17. The van der Waals surface area contributed by atoms with Gasteiger partial charge in [0, 0.05) is 22.3 Å². The molecule has 2 aromatic rings. The zero-order valence-corrected chi connectivity index (χ0v) is 15.7. The number of halogens is 2. The summed E-state index contributed by atoms with van der Waals surface area (Å²) in [5.74, 6) is -0.401. The molecule has 26 heavy (non-hydrogen) atoms. The summed E-state index contributed by atoms with van der Waals surface area (Å²) < 4.78 is 0. The van der Waals surface area contributed by atoms with E-state index in [1.165, 1.54) is 25.3 Å². The fourth-order valence-corrected chi connectivity index (χ4v) is 3.59. The molecule has 1 fully saturated rings. The zero-order chi connectivity index (χ0) is 18.5. The number of anilines is 1. The molecule has 136 valence electrons. The molecule has 0 aliphatic heterocycles. The van der Waals surface area contributed by atoms with Crippen molar-refractivity contribution in [2.75, 3.05) is 5.32 Å². The van der Waals surface area contributed by atoms with Crippen LogP contribution in [0.2, 0.25) is 10.0 Å². The van der Waals surface area contributed by atoms with Gasteiger partial charge in [0.05, 0.1) is 10.6 Å². The van der Waals surface area contributed by atoms with E-state index in [2.05, 4.69) is 10.6 Å². The Kier molecular flexibility index (Phi) is 6.17. The van der Waals surface area contributed by atoms with Crippen molar-refractivity contribution in [3.63, 3.8) is 0 Å². The van der Waals surface area contributed by atoms with Gasteiger partial charge < -0.3 is 10.6 Å². The molecule has 4 nitrogen and oxygen atoms in total. The lowest BCUT2D eigenvalue weighted by molar-refractivity contribution is 0.0927. The van der Waals surface area contributed by atoms with Crippen molar-refractivity contribution in [2.24, 2.45) is 0 Å². The van der Waals surface area contributed by atoms with Gasteiger partial charge in [0.25, 0.3) is 11.8 Å². The van der Waals surface area contributed by atoms with E-state index in [0.717, 1.165) is 12.8 Å². The van der Waals surface area contributed by atoms with Gasteiger partial charge in [0.15, 0.2) is 0 Å². The van der Waals surface area contributed by atoms with Crippen molar-refractivity contribution in [2.45, 2.75) is 38.1 Å². The smallest absolute Gasteiger partial charge is 0.257 e. The first-order chi connectivity index (χ1) is 12.5. The van der Waals surface area contributed by atoms with Crippen LogP contribution in [0.15, 0.2) is 42.5 Å². The second-order valence-electron chi connectivity index (χ2n) is 6.46. The molecule has 3 rings (SSSR count). The van der Waals surface area contributed by atoms with Crippen molar-refractivity contribution < 1.29 is 9.59 Å². The van der Waals surface area contributed by atoms with Crippen molar-refractivity contribution in [1.82, 2.24) is 5.32 Å². The Bertz CT molecular complexity index is 800. The average molecular weight is 391 g/mol. The van der Waals surface area contributed by atoms with Crippen molar-refractivity contribution >= 4 is 40.7 Å². The third-order valence-electron chi connectivity index (χ3n) is 4.52. The lowest BCUT2D eigenvalue weighted by Gasteiger charge is -2.22. The zero-order valence-electron chi connectivity index (χ0n) is 14.2. The van der Waals surface area contributed by atoms with E-state index < -0.39 is 0 Å². The number of hydrogen-bond acceptors (Lipinski definition) is 2. The molecule has 2 N–H and O–H groups in total. The van der Waals surface area contributed by atoms with Gasteiger partial charge >= 0.3 is 0 Å². The third-order valence-corrected chi connectivity index (χ3v) is 5.07. The van der Waals surface area contributed by atoms with Crippen molar-refractivity contribution in [3.8, 4) is 0 Å². The van der Waals surface area contributed by atoms with E-state index in [1.807, 2.05) is 0 Å². The third kappa shape index (κ3) is 4.77. The van der Waals surface area contributed by atoms with Gasteiger partial charge in [-0.15, -0.1) is 0 Å². The Morgan fingerprint density at radius 3 is 2.23 bits per heavy atom. The maximum atomic E-state index is 12.3. The van der Waals surface area contributed by atoms with Crippen LogP contribution < -0.4 is 10.6 Å². The van der Waals surface area contributed by atoms with Gasteiger partial charge in [-0.25, -0.2) is 0 Å². The Balaban J connectivity index is 1.61. The molecular weight excluding hydrogens is 371 g/mol. The summed E-state index contributed by atoms with van der Waals surface area (Å²) in [7, 11) is 0. The molecule has 2 aromatic carbocycles. The molecule has 1 aliphatic rings. The Labute approximate surface area is 162 Å². The number of hydrogen-bond donors (Lipinski definition) is 2. The van der Waals surface area contributed by atoms with Gasteiger partial charge in [-0.2, -0.15) is 0 Å². The molecule has 0 unspecified atom stereocenters. The quantitative estimate of drug-likeness (QED) is 0.742. The standard InChI is InChI=1S/C20H20Cl2N2O2/c21-14-8-11-17(18(22)12-14)20(26)24-16-9-6-13(7-10-16)19(25)23-15-4-2-1-3-5-15/h6-12,15H,1-5H2,(H,23,25)(H,24,26). The van der Waals surface area contributed by atoms with Crippen LogP contribution in [0, 0.1) is 0 Å². The number of amides is 2. The summed E-state index contributed by atoms with van der Waals surface area (Å²) in [5, 5.41) is 6.61. The molecule has 0 radical (unpaired) electrons. The monoisotopic (exact) mass is 390 g/mol. The summed E-state index contributed by atoms with van der Waals surface area (Å²) in [4.78, 5) is 24.6. The molecule has 2 amide bonds. The predicted molar refractivity (Wildman–Crippen MR) is 105 cm³/mol. The van der Waals surface area contributed by atoms with E-state index in [-0.39, 0.29) is 17.9 Å². The number of nitrogens with one attached hydrogen (secondary N) is 2. The van der Waals surface area contributed by atoms with E-state index >= 15 is 0 Å². The summed E-state index contributed by atoms with van der Waals surface area (Å²) in [5.41, 5.74) is 1.52. The molecule has 0 spiro atoms. The minimum absolute atomic E-state index is 0.0736. The maximum absolute atomic E-state index is 12.3. The highest BCUT2D eigenvalue weighted by Crippen LogP contribution is 2.22. The van der Waals surface area contributed by atoms with Gasteiger partial charge in [-0.3, -0.25) is 9.59 Å². The van der Waals surface area contributed by atoms with Gasteiger partial charge in [-0.1, -0.05) is 42.5 Å². The Morgan fingerprint density at radius 1 is 0.885 bits per heavy atom. The van der Waals surface area contributed by atoms with E-state index in [4.69, 9.17) is 23.2 Å². The first-order valence-corrected chi connectivity index (χ1v) is 9.46. The second kappa shape index (κ2) is 8.56. The largest absolute Gasteiger partial charge is 0.349 e. The SMILES string of the molecule is O=C(NC1CCCCC1)c1ccc(NC(=O)c2ccc(Cl)cc2Cl)cc1. The van der Waals surface area contributed by atoms with Gasteiger partial charge in [0.2, 0.25) is 0 Å². The first kappa shape index (κ1) is 18.7. The number of rotatable bonds is 4. The average Bonchev–Trinajstić information content (AvgIpc) is 2.63. The molecular formula is C20H20Cl2N2O2. The van der Waals surface area contributed by atoms with Gasteiger partial charge in [-0.05, 0) is 55.3 Å². The number of carbonyl (C=O) groups excluding carboxylic acids is 2. The van der Waals surface area contributed by atoms with E-state index in [0.29, 0.717) is 26.9 Å². The van der Waals surface area contributed by atoms with Crippen LogP contribution in [0.25, 0.3) is 0 Å². The minimum Gasteiger partial charge on any atom is -0.349 e.